The molecular weight excluding hydrogens is 846 g/mol. The molecule has 0 aliphatic rings. The Labute approximate surface area is 150 Å². The summed E-state index contributed by atoms with van der Waals surface area (Å²) >= 11 is 0. The molecule has 0 spiro atoms. The number of rotatable bonds is 12. The third kappa shape index (κ3) is 19.8. The molecule has 8 heteroatoms. The number of aliphatic hydroxyl groups is 2. The average molecular weight is 889 g/mol. The summed E-state index contributed by atoms with van der Waals surface area (Å²) in [5, 5.41) is 17.9. The zero-order valence-electron chi connectivity index (χ0n) is 16.0. The molecule has 0 radical (unpaired) electrons. The van der Waals surface area contributed by atoms with E-state index in [1.165, 1.54) is 0 Å². The van der Waals surface area contributed by atoms with Gasteiger partial charge in [0.2, 0.25) is 0 Å². The van der Waals surface area contributed by atoms with Crippen LogP contribution in [0.15, 0.2) is 0 Å². The van der Waals surface area contributed by atoms with Crippen LogP contribution < -0.4 is 0 Å². The normalized spacial score (nSPS) is 13.8. The molecule has 0 aromatic carbocycles. The quantitative estimate of drug-likeness (QED) is 0.232. The van der Waals surface area contributed by atoms with E-state index in [2.05, 4.69) is 19.0 Å². The number of hydrogen-bond acceptors (Lipinski definition) is 6. The summed E-state index contributed by atoms with van der Waals surface area (Å²) < 4.78 is 19.5. The molecule has 0 fully saturated rings. The third-order valence-electron chi connectivity index (χ3n) is 3.40. The minimum atomic E-state index is -0.366. The van der Waals surface area contributed by atoms with E-state index in [4.69, 9.17) is 24.4 Å². The minimum Gasteiger partial charge on any atom is -0.555 e. The Morgan fingerprint density at radius 1 is 0.808 bits per heavy atom. The van der Waals surface area contributed by atoms with Gasteiger partial charge in [-0.25, -0.2) is 14.2 Å². The van der Waals surface area contributed by atoms with E-state index < -0.39 is 0 Å². The molecule has 2 N–H and O–H groups in total. The van der Waals surface area contributed by atoms with E-state index in [0.29, 0.717) is 33.0 Å². The summed E-state index contributed by atoms with van der Waals surface area (Å²) in [5.41, 5.74) is -0.461. The Hall–Kier alpha value is -2.24. The predicted octanol–water partition coefficient (Wildman–Crippen LogP) is 2.93. The number of hydrogen-bond donors (Lipinski definition) is 2. The molecule has 0 amide bonds. The molecule has 0 aromatic heterocycles. The van der Waals surface area contributed by atoms with Gasteiger partial charge in [0, 0.05) is 31.2 Å². The van der Waals surface area contributed by atoms with Crippen molar-refractivity contribution in [2.75, 3.05) is 53.4 Å². The summed E-state index contributed by atoms with van der Waals surface area (Å²) in [4.78, 5) is 0. The van der Waals surface area contributed by atoms with E-state index in [9.17, 15) is 0 Å². The zero-order valence-corrected chi connectivity index (χ0v) is 28.8. The summed E-state index contributed by atoms with van der Waals surface area (Å²) in [5.74, 6) is 0. The van der Waals surface area contributed by atoms with Crippen molar-refractivity contribution in [2.24, 2.45) is 10.8 Å². The molecule has 0 bridgehead atoms. The van der Waals surface area contributed by atoms with Crippen molar-refractivity contribution in [3.63, 3.8) is 0 Å². The van der Waals surface area contributed by atoms with Crippen molar-refractivity contribution in [1.82, 2.24) is 0 Å². The smallest absolute Gasteiger partial charge is 0.0700 e. The van der Waals surface area contributed by atoms with Crippen LogP contribution in [0.25, 0.3) is 0 Å². The SMILES string of the molecule is C.C.[CH2-]OCC(C)(CC)CO.[CH2-]OCC(C)(CO)COCCOC.[Rf].[Rf]. The van der Waals surface area contributed by atoms with Gasteiger partial charge >= 0.3 is 0 Å². The summed E-state index contributed by atoms with van der Waals surface area (Å²) in [6, 6.07) is 0. The fourth-order valence-electron chi connectivity index (χ4n) is 1.35. The minimum absolute atomic E-state index is 0. The van der Waals surface area contributed by atoms with Gasteiger partial charge in [-0.1, -0.05) is 35.6 Å². The molecule has 6 nitrogen and oxygen atoms in total. The van der Waals surface area contributed by atoms with Crippen LogP contribution in [0.5, 0.6) is 0 Å². The molecule has 0 saturated heterocycles. The van der Waals surface area contributed by atoms with Crippen LogP contribution in [0.2, 0.25) is 0 Å². The van der Waals surface area contributed by atoms with E-state index in [1.807, 2.05) is 20.8 Å². The van der Waals surface area contributed by atoms with E-state index >= 15 is 0 Å². The molecule has 0 aliphatic heterocycles. The Morgan fingerprint density at radius 2 is 1.23 bits per heavy atom. The maximum absolute atomic E-state index is 9.05. The van der Waals surface area contributed by atoms with Crippen LogP contribution in [0.1, 0.15) is 42.0 Å². The van der Waals surface area contributed by atoms with Crippen LogP contribution in [0.4, 0.5) is 0 Å². The fraction of sp³-hybridized carbons (Fsp3) is 0.889. The van der Waals surface area contributed by atoms with Gasteiger partial charge in [0.1, 0.15) is 0 Å². The molecule has 2 unspecified atom stereocenters. The van der Waals surface area contributed by atoms with Gasteiger partial charge in [-0.3, -0.25) is 0 Å². The second kappa shape index (κ2) is 22.8. The number of ether oxygens (including phenoxy) is 4. The maximum atomic E-state index is 9.05. The van der Waals surface area contributed by atoms with Crippen molar-refractivity contribution in [3.05, 3.63) is 14.2 Å². The van der Waals surface area contributed by atoms with Crippen molar-refractivity contribution in [3.8, 4) is 0 Å². The zero-order chi connectivity index (χ0) is 17.5. The second-order valence-electron chi connectivity index (χ2n) is 6.03. The Balaban J connectivity index is -0.0000000697. The largest absolute Gasteiger partial charge is 0.555 e. The number of aliphatic hydroxyl groups excluding tert-OH is 2. The first-order valence-electron chi connectivity index (χ1n) is 7.39. The van der Waals surface area contributed by atoms with Crippen molar-refractivity contribution in [1.29, 1.82) is 0 Å². The standard InChI is InChI=1S/C9H19O4.C7H15O2.2CH4.2Rf/c1-9(6-10,7-12-3)8-13-5-4-11-2;1-4-7(2,5-8)6-9-3;;;;/h10H,3-8H2,1-2H3;8H,3-6H2,1-2H3;2*1H4;;/q2*-1;;;;. The summed E-state index contributed by atoms with van der Waals surface area (Å²) in [6.07, 6.45) is 0.916. The first-order chi connectivity index (χ1) is 10.4. The van der Waals surface area contributed by atoms with Crippen LogP contribution in [0, 0.1) is 25.0 Å². The maximum Gasteiger partial charge on any atom is 0.0700 e. The predicted molar refractivity (Wildman–Crippen MR) is 99.5 cm³/mol. The van der Waals surface area contributed by atoms with Crippen molar-refractivity contribution < 1.29 is 29.2 Å². The number of methoxy groups -OCH3 is 1. The molecule has 0 heterocycles. The van der Waals surface area contributed by atoms with Gasteiger partial charge in [0.15, 0.2) is 0 Å². The molecule has 0 aromatic rings. The molecule has 0 rings (SSSR count). The summed E-state index contributed by atoms with van der Waals surface area (Å²) in [7, 11) is 8.15. The van der Waals surface area contributed by atoms with E-state index in [0.717, 1.165) is 6.42 Å². The van der Waals surface area contributed by atoms with Crippen LogP contribution >= 0.6 is 0 Å². The molecule has 0 aliphatic carbocycles. The first kappa shape index (κ1) is 39.0. The molecule has 156 valence electrons. The van der Waals surface area contributed by atoms with Crippen molar-refractivity contribution >= 4 is 0 Å². The van der Waals surface area contributed by atoms with Crippen LogP contribution in [-0.2, 0) is 18.9 Å². The van der Waals surface area contributed by atoms with Gasteiger partial charge in [-0.05, 0) is 6.42 Å². The van der Waals surface area contributed by atoms with Gasteiger partial charge in [-0.2, -0.15) is 0 Å². The summed E-state index contributed by atoms with van der Waals surface area (Å²) in [6.45, 7) is 8.52. The fourth-order valence-corrected chi connectivity index (χ4v) is 1.35. The van der Waals surface area contributed by atoms with Crippen LogP contribution in [0.3, 0.4) is 0 Å². The van der Waals surface area contributed by atoms with Gasteiger partial charge in [0.25, 0.3) is 0 Å². The molecule has 2 atom stereocenters. The van der Waals surface area contributed by atoms with E-state index in [-0.39, 0.29) is 38.9 Å². The van der Waals surface area contributed by atoms with Gasteiger partial charge in [0.05, 0.1) is 33.0 Å². The Bertz CT molecular complexity index is 244. The first-order valence-corrected chi connectivity index (χ1v) is 7.39. The molecular formula is C18H42O6Rf2-2. The van der Waals surface area contributed by atoms with Gasteiger partial charge < -0.3 is 29.2 Å². The third-order valence-corrected chi connectivity index (χ3v) is 3.40. The van der Waals surface area contributed by atoms with Gasteiger partial charge in [-0.15, -0.1) is 0 Å². The van der Waals surface area contributed by atoms with Crippen LogP contribution in [-0.4, -0.2) is 63.6 Å². The monoisotopic (exact) mass is 889 g/mol. The second-order valence-corrected chi connectivity index (χ2v) is 6.03. The van der Waals surface area contributed by atoms with E-state index in [1.54, 1.807) is 7.11 Å². The Morgan fingerprint density at radius 3 is 1.50 bits per heavy atom. The topological polar surface area (TPSA) is 77.4 Å². The Kier molecular flexibility index (Phi) is 34.2. The average Bonchev–Trinajstić information content (AvgIpc) is 2.52. The molecule has 26 heavy (non-hydrogen) atoms. The van der Waals surface area contributed by atoms with Crippen molar-refractivity contribution in [2.45, 2.75) is 42.0 Å². The molecule has 0 saturated carbocycles.